The minimum atomic E-state index is 0.0602. The van der Waals surface area contributed by atoms with Crippen molar-refractivity contribution in [3.8, 4) is 0 Å². The monoisotopic (exact) mass is 290 g/mol. The molecular weight excluding hydrogens is 264 g/mol. The lowest BCUT2D eigenvalue weighted by Crippen LogP contribution is -2.25. The van der Waals surface area contributed by atoms with Crippen molar-refractivity contribution in [2.75, 3.05) is 52.9 Å². The van der Waals surface area contributed by atoms with E-state index >= 15 is 0 Å². The van der Waals surface area contributed by atoms with Gasteiger partial charge >= 0.3 is 0 Å². The summed E-state index contributed by atoms with van der Waals surface area (Å²) in [6.07, 6.45) is 0.771. The minimum absolute atomic E-state index is 0.0602. The van der Waals surface area contributed by atoms with E-state index in [-0.39, 0.29) is 12.2 Å². The van der Waals surface area contributed by atoms with Crippen LogP contribution in [0.2, 0.25) is 0 Å². The second kappa shape index (κ2) is 8.92. The quantitative estimate of drug-likeness (QED) is 0.366. The number of hydrogen-bond acceptors (Lipinski definition) is 6. The van der Waals surface area contributed by atoms with Crippen LogP contribution in [0.5, 0.6) is 0 Å². The highest BCUT2D eigenvalue weighted by Gasteiger charge is 2.23. The van der Waals surface area contributed by atoms with Gasteiger partial charge in [-0.25, -0.2) is 0 Å². The van der Waals surface area contributed by atoms with Crippen LogP contribution in [-0.4, -0.2) is 77.3 Å². The van der Waals surface area contributed by atoms with Crippen LogP contribution in [0, 0.1) is 0 Å². The van der Waals surface area contributed by atoms with Crippen LogP contribution in [0.1, 0.15) is 13.8 Å². The first-order chi connectivity index (χ1) is 9.74. The maximum absolute atomic E-state index is 5.66. The zero-order valence-corrected chi connectivity index (χ0v) is 12.4. The molecule has 0 bridgehead atoms. The smallest absolute Gasteiger partial charge is 0.104 e. The fraction of sp³-hybridized carbons (Fsp3) is 1.00. The summed E-state index contributed by atoms with van der Waals surface area (Å²) in [7, 11) is 0. The molecule has 20 heavy (non-hydrogen) atoms. The lowest BCUT2D eigenvalue weighted by Gasteiger charge is -2.17. The molecule has 2 aliphatic rings. The molecule has 4 atom stereocenters. The molecule has 0 aliphatic carbocycles. The van der Waals surface area contributed by atoms with Gasteiger partial charge in [0.25, 0.3) is 0 Å². The van der Waals surface area contributed by atoms with Crippen LogP contribution >= 0.6 is 0 Å². The van der Waals surface area contributed by atoms with E-state index in [2.05, 4.69) is 0 Å². The Balaban J connectivity index is 1.34. The lowest BCUT2D eigenvalue weighted by atomic mass is 10.4. The summed E-state index contributed by atoms with van der Waals surface area (Å²) < 4.78 is 32.2. The van der Waals surface area contributed by atoms with Gasteiger partial charge in [-0.05, 0) is 13.8 Å². The van der Waals surface area contributed by atoms with Crippen molar-refractivity contribution < 1.29 is 28.4 Å². The molecule has 2 aliphatic heterocycles. The minimum Gasteiger partial charge on any atom is -0.376 e. The second-order valence-corrected chi connectivity index (χ2v) is 5.35. The first-order valence-corrected chi connectivity index (χ1v) is 7.36. The van der Waals surface area contributed by atoms with Gasteiger partial charge in [-0.2, -0.15) is 0 Å². The molecule has 2 rings (SSSR count). The van der Waals surface area contributed by atoms with Gasteiger partial charge in [-0.1, -0.05) is 0 Å². The van der Waals surface area contributed by atoms with Crippen LogP contribution < -0.4 is 0 Å². The average Bonchev–Trinajstić information content (AvgIpc) is 3.31. The Morgan fingerprint density at radius 2 is 1.45 bits per heavy atom. The van der Waals surface area contributed by atoms with Crippen molar-refractivity contribution in [2.45, 2.75) is 38.3 Å². The number of epoxide rings is 2. The molecule has 0 spiro atoms. The van der Waals surface area contributed by atoms with Gasteiger partial charge in [0.15, 0.2) is 0 Å². The molecule has 6 nitrogen and oxygen atoms in total. The molecule has 2 saturated heterocycles. The molecule has 118 valence electrons. The van der Waals surface area contributed by atoms with Crippen molar-refractivity contribution >= 4 is 0 Å². The van der Waals surface area contributed by atoms with E-state index in [1.54, 1.807) is 0 Å². The van der Waals surface area contributed by atoms with Crippen molar-refractivity contribution in [1.82, 2.24) is 0 Å². The Bertz CT molecular complexity index is 254. The van der Waals surface area contributed by atoms with Gasteiger partial charge in [0.2, 0.25) is 0 Å². The predicted molar refractivity (Wildman–Crippen MR) is 71.9 cm³/mol. The molecule has 0 saturated carbocycles. The highest BCUT2D eigenvalue weighted by molar-refractivity contribution is 4.68. The maximum Gasteiger partial charge on any atom is 0.104 e. The zero-order chi connectivity index (χ0) is 14.2. The Hall–Kier alpha value is -0.240. The van der Waals surface area contributed by atoms with E-state index < -0.39 is 0 Å². The summed E-state index contributed by atoms with van der Waals surface area (Å²) in [5.41, 5.74) is 0. The summed E-state index contributed by atoms with van der Waals surface area (Å²) in [5.74, 6) is 0. The fourth-order valence-corrected chi connectivity index (χ4v) is 1.58. The third-order valence-corrected chi connectivity index (χ3v) is 3.02. The lowest BCUT2D eigenvalue weighted by molar-refractivity contribution is -0.0642. The Morgan fingerprint density at radius 1 is 0.850 bits per heavy atom. The summed E-state index contributed by atoms with van der Waals surface area (Å²) in [4.78, 5) is 0. The van der Waals surface area contributed by atoms with Gasteiger partial charge in [0.05, 0.1) is 65.1 Å². The number of rotatable bonds is 13. The van der Waals surface area contributed by atoms with Crippen molar-refractivity contribution in [3.05, 3.63) is 0 Å². The van der Waals surface area contributed by atoms with E-state index in [0.29, 0.717) is 51.8 Å². The van der Waals surface area contributed by atoms with Gasteiger partial charge in [-0.3, -0.25) is 0 Å². The normalized spacial score (nSPS) is 27.3. The van der Waals surface area contributed by atoms with Gasteiger partial charge in [0.1, 0.15) is 12.2 Å². The molecule has 0 radical (unpaired) electrons. The molecule has 2 heterocycles. The molecule has 0 aromatic carbocycles. The van der Waals surface area contributed by atoms with Gasteiger partial charge in [0, 0.05) is 0 Å². The molecule has 0 aromatic rings. The summed E-state index contributed by atoms with van der Waals surface area (Å²) in [6.45, 7) is 9.34. The Labute approximate surface area is 120 Å². The first-order valence-electron chi connectivity index (χ1n) is 7.36. The number of ether oxygens (including phenoxy) is 6. The van der Waals surface area contributed by atoms with Gasteiger partial charge in [-0.15, -0.1) is 0 Å². The van der Waals surface area contributed by atoms with Crippen molar-refractivity contribution in [2.24, 2.45) is 0 Å². The van der Waals surface area contributed by atoms with E-state index in [9.17, 15) is 0 Å². The van der Waals surface area contributed by atoms with Crippen molar-refractivity contribution in [3.63, 3.8) is 0 Å². The van der Waals surface area contributed by atoms with E-state index in [1.807, 2.05) is 13.8 Å². The van der Waals surface area contributed by atoms with Crippen molar-refractivity contribution in [1.29, 1.82) is 0 Å². The third-order valence-electron chi connectivity index (χ3n) is 3.02. The summed E-state index contributed by atoms with van der Waals surface area (Å²) >= 11 is 0. The molecular formula is C14H26O6. The standard InChI is InChI=1S/C14H26O6/c1-11(5-15-3-4-16-7-13-9-19-13)17-6-12(2)18-8-14-10-20-14/h11-14H,3-10H2,1-2H3. The average molecular weight is 290 g/mol. The van der Waals surface area contributed by atoms with E-state index in [1.165, 1.54) is 0 Å². The zero-order valence-electron chi connectivity index (χ0n) is 12.4. The topological polar surface area (TPSA) is 62.0 Å². The van der Waals surface area contributed by atoms with Crippen LogP contribution in [0.25, 0.3) is 0 Å². The van der Waals surface area contributed by atoms with Crippen LogP contribution in [0.4, 0.5) is 0 Å². The third kappa shape index (κ3) is 8.14. The summed E-state index contributed by atoms with van der Waals surface area (Å²) in [6, 6.07) is 0. The Morgan fingerprint density at radius 3 is 2.15 bits per heavy atom. The second-order valence-electron chi connectivity index (χ2n) is 5.35. The van der Waals surface area contributed by atoms with Gasteiger partial charge < -0.3 is 28.4 Å². The highest BCUT2D eigenvalue weighted by atomic mass is 16.6. The molecule has 0 amide bonds. The molecule has 6 heteroatoms. The van der Waals surface area contributed by atoms with E-state index in [4.69, 9.17) is 28.4 Å². The number of hydrogen-bond donors (Lipinski definition) is 0. The predicted octanol–water partition coefficient (Wildman–Crippen LogP) is 0.627. The molecule has 4 unspecified atom stereocenters. The van der Waals surface area contributed by atoms with Crippen LogP contribution in [-0.2, 0) is 28.4 Å². The van der Waals surface area contributed by atoms with Crippen LogP contribution in [0.15, 0.2) is 0 Å². The maximum atomic E-state index is 5.66. The highest BCUT2D eigenvalue weighted by Crippen LogP contribution is 2.10. The summed E-state index contributed by atoms with van der Waals surface area (Å²) in [5, 5.41) is 0. The molecule has 0 N–H and O–H groups in total. The molecule has 0 aromatic heterocycles. The van der Waals surface area contributed by atoms with Crippen LogP contribution in [0.3, 0.4) is 0 Å². The first kappa shape index (κ1) is 16.1. The largest absolute Gasteiger partial charge is 0.376 e. The fourth-order valence-electron chi connectivity index (χ4n) is 1.58. The SMILES string of the molecule is CC(COCCOCC1CO1)OCC(C)OCC1CO1. The van der Waals surface area contributed by atoms with E-state index in [0.717, 1.165) is 13.2 Å². The molecule has 2 fully saturated rings. The Kier molecular flexibility index (Phi) is 7.19.